The molecule has 3 N–H and O–H groups in total. The van der Waals surface area contributed by atoms with Crippen molar-refractivity contribution in [1.29, 1.82) is 0 Å². The van der Waals surface area contributed by atoms with E-state index in [0.717, 1.165) is 45.2 Å². The van der Waals surface area contributed by atoms with Gasteiger partial charge in [0.05, 0.1) is 6.20 Å². The molecule has 3 aliphatic rings. The van der Waals surface area contributed by atoms with Crippen LogP contribution in [0.3, 0.4) is 0 Å². The summed E-state index contributed by atoms with van der Waals surface area (Å²) >= 11 is 0. The number of halogens is 1. The molecule has 7 heteroatoms. The molecule has 2 amide bonds. The lowest BCUT2D eigenvalue weighted by molar-refractivity contribution is 0.145. The van der Waals surface area contributed by atoms with Crippen LogP contribution in [-0.4, -0.2) is 46.3 Å². The summed E-state index contributed by atoms with van der Waals surface area (Å²) in [7, 11) is 0. The third kappa shape index (κ3) is 3.88. The molecule has 2 aliphatic carbocycles. The summed E-state index contributed by atoms with van der Waals surface area (Å²) in [5.74, 6) is 1.70. The van der Waals surface area contributed by atoms with Crippen LogP contribution in [0.1, 0.15) is 36.8 Å². The van der Waals surface area contributed by atoms with E-state index in [1.165, 1.54) is 17.5 Å². The van der Waals surface area contributed by atoms with E-state index in [4.69, 9.17) is 0 Å². The molecule has 0 bridgehead atoms. The Kier molecular flexibility index (Phi) is 4.99. The van der Waals surface area contributed by atoms with Crippen LogP contribution in [0.5, 0.6) is 0 Å². The molecule has 5 rings (SSSR count). The van der Waals surface area contributed by atoms with E-state index in [9.17, 15) is 9.18 Å². The van der Waals surface area contributed by atoms with Gasteiger partial charge < -0.3 is 5.32 Å². The van der Waals surface area contributed by atoms with Crippen molar-refractivity contribution in [2.45, 2.75) is 50.6 Å². The number of aromatic amines is 1. The number of hydrogen-bond acceptors (Lipinski definition) is 3. The first-order valence-electron chi connectivity index (χ1n) is 10.7. The van der Waals surface area contributed by atoms with E-state index in [-0.39, 0.29) is 17.9 Å². The van der Waals surface area contributed by atoms with Crippen LogP contribution in [0.4, 0.5) is 15.0 Å². The van der Waals surface area contributed by atoms with Gasteiger partial charge in [-0.25, -0.2) is 9.18 Å². The second kappa shape index (κ2) is 7.78. The Bertz CT molecular complexity index is 870. The van der Waals surface area contributed by atoms with Crippen molar-refractivity contribution in [3.8, 4) is 0 Å². The summed E-state index contributed by atoms with van der Waals surface area (Å²) < 4.78 is 13.7. The molecule has 1 saturated heterocycles. The topological polar surface area (TPSA) is 73.0 Å². The number of carbonyl (C=O) groups is 1. The minimum absolute atomic E-state index is 0.128. The van der Waals surface area contributed by atoms with Crippen LogP contribution in [0.15, 0.2) is 30.5 Å². The number of rotatable bonds is 3. The highest BCUT2D eigenvalue weighted by atomic mass is 19.1. The number of H-pyrrole nitrogens is 1. The van der Waals surface area contributed by atoms with Crippen molar-refractivity contribution >= 4 is 11.8 Å². The lowest BCUT2D eigenvalue weighted by Crippen LogP contribution is -2.53. The van der Waals surface area contributed by atoms with Gasteiger partial charge >= 0.3 is 6.03 Å². The van der Waals surface area contributed by atoms with Crippen molar-refractivity contribution in [1.82, 2.24) is 20.4 Å². The molecule has 1 saturated carbocycles. The monoisotopic (exact) mass is 397 g/mol. The van der Waals surface area contributed by atoms with Gasteiger partial charge in [0.15, 0.2) is 0 Å². The van der Waals surface area contributed by atoms with Crippen LogP contribution >= 0.6 is 0 Å². The average Bonchev–Trinajstić information content (AvgIpc) is 3.35. The zero-order valence-electron chi connectivity index (χ0n) is 16.5. The number of likely N-dealkylation sites (tertiary alicyclic amines) is 1. The molecule has 4 unspecified atom stereocenters. The molecular weight excluding hydrogens is 369 g/mol. The van der Waals surface area contributed by atoms with E-state index in [1.54, 1.807) is 24.4 Å². The maximum atomic E-state index is 13.7. The largest absolute Gasteiger partial charge is 0.334 e. The Labute approximate surface area is 170 Å². The number of hydrogen-bond donors (Lipinski definition) is 3. The molecule has 1 aromatic heterocycles. The minimum Gasteiger partial charge on any atom is -0.334 e. The fraction of sp³-hybridized carbons (Fsp3) is 0.545. The van der Waals surface area contributed by atoms with Crippen LogP contribution in [0.25, 0.3) is 0 Å². The number of nitrogens with zero attached hydrogens (tertiary/aromatic N) is 2. The average molecular weight is 397 g/mol. The second-order valence-corrected chi connectivity index (χ2v) is 8.82. The number of carbonyl (C=O) groups excluding carboxylic acids is 1. The Morgan fingerprint density at radius 2 is 1.90 bits per heavy atom. The molecule has 6 nitrogen and oxygen atoms in total. The van der Waals surface area contributed by atoms with Crippen molar-refractivity contribution in [3.05, 3.63) is 47.4 Å². The highest BCUT2D eigenvalue weighted by Gasteiger charge is 2.41. The maximum absolute atomic E-state index is 13.7. The molecule has 2 heterocycles. The summed E-state index contributed by atoms with van der Waals surface area (Å²) in [6.45, 7) is 2.12. The van der Waals surface area contributed by atoms with Crippen LogP contribution in [0.2, 0.25) is 0 Å². The van der Waals surface area contributed by atoms with E-state index in [0.29, 0.717) is 23.7 Å². The van der Waals surface area contributed by atoms with Gasteiger partial charge in [-0.2, -0.15) is 5.10 Å². The third-order valence-electron chi connectivity index (χ3n) is 7.00. The molecular formula is C22H28FN5O. The summed E-state index contributed by atoms with van der Waals surface area (Å²) in [5.41, 5.74) is 2.50. The van der Waals surface area contributed by atoms with Gasteiger partial charge in [-0.05, 0) is 60.8 Å². The predicted octanol–water partition coefficient (Wildman–Crippen LogP) is 3.33. The fourth-order valence-electron chi connectivity index (χ4n) is 5.63. The molecule has 4 atom stereocenters. The molecule has 2 fully saturated rings. The van der Waals surface area contributed by atoms with Gasteiger partial charge in [0, 0.05) is 31.2 Å². The zero-order chi connectivity index (χ0) is 19.8. The van der Waals surface area contributed by atoms with Gasteiger partial charge in [-0.15, -0.1) is 0 Å². The Morgan fingerprint density at radius 3 is 2.69 bits per heavy atom. The number of benzene rings is 1. The Balaban J connectivity index is 1.24. The lowest BCUT2D eigenvalue weighted by Gasteiger charge is -2.38. The van der Waals surface area contributed by atoms with Gasteiger partial charge in [0.2, 0.25) is 0 Å². The van der Waals surface area contributed by atoms with Crippen LogP contribution in [0, 0.1) is 17.7 Å². The lowest BCUT2D eigenvalue weighted by atomic mass is 9.78. The number of urea groups is 1. The molecule has 1 aliphatic heterocycles. The normalized spacial score (nSPS) is 29.1. The zero-order valence-corrected chi connectivity index (χ0v) is 16.5. The van der Waals surface area contributed by atoms with Crippen molar-refractivity contribution < 1.29 is 9.18 Å². The smallest absolute Gasteiger partial charge is 0.320 e. The number of fused-ring (bicyclic) bond motifs is 2. The van der Waals surface area contributed by atoms with Crippen molar-refractivity contribution in [2.75, 3.05) is 18.4 Å². The molecule has 0 spiro atoms. The Morgan fingerprint density at radius 1 is 1.10 bits per heavy atom. The maximum Gasteiger partial charge on any atom is 0.320 e. The molecule has 0 radical (unpaired) electrons. The first-order valence-corrected chi connectivity index (χ1v) is 10.7. The summed E-state index contributed by atoms with van der Waals surface area (Å²) in [6.07, 6.45) is 8.13. The Hall–Kier alpha value is -2.41. The van der Waals surface area contributed by atoms with Gasteiger partial charge in [0.1, 0.15) is 11.6 Å². The number of anilines is 1. The minimum atomic E-state index is -0.175. The standard InChI is InChI=1S/C22H28FN5O/c23-18-6-5-14-9-16-12-28(13-17(16)10-15(14)11-18)20-4-2-1-3-19(20)25-22(29)26-21-7-8-24-27-21/h5-8,11,16-17,19-20H,1-4,9-10,12-13H2,(H3,24,25,26,27,29). The summed E-state index contributed by atoms with van der Waals surface area (Å²) in [5, 5.41) is 12.6. The van der Waals surface area contributed by atoms with E-state index < -0.39 is 0 Å². The number of nitrogens with one attached hydrogen (secondary N) is 3. The highest BCUT2D eigenvalue weighted by molar-refractivity contribution is 5.88. The second-order valence-electron chi connectivity index (χ2n) is 8.82. The molecule has 29 heavy (non-hydrogen) atoms. The van der Waals surface area contributed by atoms with Crippen molar-refractivity contribution in [2.24, 2.45) is 11.8 Å². The van der Waals surface area contributed by atoms with Crippen molar-refractivity contribution in [3.63, 3.8) is 0 Å². The first kappa shape index (κ1) is 18.6. The van der Waals surface area contributed by atoms with E-state index >= 15 is 0 Å². The van der Waals surface area contributed by atoms with Crippen LogP contribution in [-0.2, 0) is 12.8 Å². The third-order valence-corrected chi connectivity index (χ3v) is 7.00. The fourth-order valence-corrected chi connectivity index (χ4v) is 5.63. The predicted molar refractivity (Wildman–Crippen MR) is 109 cm³/mol. The number of aromatic nitrogens is 2. The summed E-state index contributed by atoms with van der Waals surface area (Å²) in [6, 6.07) is 7.38. The molecule has 1 aromatic carbocycles. The van der Waals surface area contributed by atoms with Gasteiger partial charge in [-0.1, -0.05) is 18.9 Å². The molecule has 154 valence electrons. The van der Waals surface area contributed by atoms with Gasteiger partial charge in [-0.3, -0.25) is 15.3 Å². The summed E-state index contributed by atoms with van der Waals surface area (Å²) in [4.78, 5) is 15.0. The van der Waals surface area contributed by atoms with E-state index in [1.807, 2.05) is 6.07 Å². The molecule has 2 aromatic rings. The number of amides is 2. The van der Waals surface area contributed by atoms with Crippen LogP contribution < -0.4 is 10.6 Å². The van der Waals surface area contributed by atoms with Gasteiger partial charge in [0.25, 0.3) is 0 Å². The van der Waals surface area contributed by atoms with E-state index in [2.05, 4.69) is 25.7 Å². The SMILES string of the molecule is O=C(Nc1ccn[nH]1)NC1CCCCC1N1CC2Cc3ccc(F)cc3CC2C1. The highest BCUT2D eigenvalue weighted by Crippen LogP contribution is 2.38. The first-order chi connectivity index (χ1) is 14.2. The quantitative estimate of drug-likeness (QED) is 0.744.